The maximum Gasteiger partial charge on any atom is 0.404 e. The number of anilines is 1. The zero-order valence-electron chi connectivity index (χ0n) is 15.1. The Kier molecular flexibility index (Phi) is 5.90. The molecule has 0 spiro atoms. The summed E-state index contributed by atoms with van der Waals surface area (Å²) in [7, 11) is 0. The molecule has 0 unspecified atom stereocenters. The van der Waals surface area contributed by atoms with Gasteiger partial charge in [-0.2, -0.15) is 0 Å². The van der Waals surface area contributed by atoms with Gasteiger partial charge in [-0.05, 0) is 55.0 Å². The monoisotopic (exact) mass is 368 g/mol. The molecule has 7 nitrogen and oxygen atoms in total. The Morgan fingerprint density at radius 3 is 2.59 bits per heavy atom. The number of hydrogen-bond acceptors (Lipinski definition) is 4. The van der Waals surface area contributed by atoms with Crippen molar-refractivity contribution in [1.82, 2.24) is 10.3 Å². The van der Waals surface area contributed by atoms with Gasteiger partial charge in [0.1, 0.15) is 5.82 Å². The Bertz CT molecular complexity index is 799. The average molecular weight is 368 g/mol. The van der Waals surface area contributed by atoms with E-state index in [1.54, 1.807) is 12.1 Å². The largest absolute Gasteiger partial charge is 0.465 e. The second-order valence-corrected chi connectivity index (χ2v) is 6.80. The number of benzene rings is 1. The summed E-state index contributed by atoms with van der Waals surface area (Å²) in [5, 5.41) is 11.1. The van der Waals surface area contributed by atoms with Gasteiger partial charge in [0.2, 0.25) is 5.91 Å². The van der Waals surface area contributed by atoms with Crippen molar-refractivity contribution in [2.24, 2.45) is 11.7 Å². The van der Waals surface area contributed by atoms with E-state index in [0.717, 1.165) is 49.3 Å². The molecule has 1 aliphatic rings. The Morgan fingerprint density at radius 1 is 1.19 bits per heavy atom. The molecule has 4 N–H and O–H groups in total. The second kappa shape index (κ2) is 8.53. The van der Waals surface area contributed by atoms with E-state index < -0.39 is 12.0 Å². The highest BCUT2D eigenvalue weighted by Gasteiger charge is 2.20. The first-order chi connectivity index (χ1) is 13.0. The maximum absolute atomic E-state index is 11.3. The number of amides is 2. The van der Waals surface area contributed by atoms with Crippen molar-refractivity contribution in [2.75, 3.05) is 24.5 Å². The SMILES string of the molecule is NC(=O)c1cccc(-c2ccc(N3CCC(CCNC(=O)O)CC3)nc2)c1. The summed E-state index contributed by atoms with van der Waals surface area (Å²) in [5.41, 5.74) is 7.68. The van der Waals surface area contributed by atoms with E-state index in [9.17, 15) is 9.59 Å². The summed E-state index contributed by atoms with van der Waals surface area (Å²) < 4.78 is 0. The van der Waals surface area contributed by atoms with Crippen LogP contribution in [0.3, 0.4) is 0 Å². The molecule has 27 heavy (non-hydrogen) atoms. The number of rotatable bonds is 6. The molecule has 2 amide bonds. The average Bonchev–Trinajstić information content (AvgIpc) is 2.68. The summed E-state index contributed by atoms with van der Waals surface area (Å²) in [6.45, 7) is 2.35. The number of nitrogens with zero attached hydrogens (tertiary/aromatic N) is 2. The predicted octanol–water partition coefficient (Wildman–Crippen LogP) is 2.72. The Balaban J connectivity index is 1.58. The summed E-state index contributed by atoms with van der Waals surface area (Å²) in [6.07, 6.45) is 3.80. The van der Waals surface area contributed by atoms with Gasteiger partial charge in [-0.1, -0.05) is 12.1 Å². The number of primary amides is 1. The van der Waals surface area contributed by atoms with Crippen molar-refractivity contribution in [3.8, 4) is 11.1 Å². The van der Waals surface area contributed by atoms with Crippen LogP contribution in [0.25, 0.3) is 11.1 Å². The molecule has 1 aromatic carbocycles. The van der Waals surface area contributed by atoms with Gasteiger partial charge < -0.3 is 21.1 Å². The van der Waals surface area contributed by atoms with E-state index in [1.807, 2.05) is 30.5 Å². The van der Waals surface area contributed by atoms with Crippen LogP contribution < -0.4 is 16.0 Å². The number of piperidine rings is 1. The number of nitrogens with one attached hydrogen (secondary N) is 1. The van der Waals surface area contributed by atoms with Crippen LogP contribution in [0.2, 0.25) is 0 Å². The minimum atomic E-state index is -0.960. The maximum atomic E-state index is 11.3. The van der Waals surface area contributed by atoms with Crippen LogP contribution >= 0.6 is 0 Å². The number of aromatic nitrogens is 1. The molecule has 0 atom stereocenters. The normalized spacial score (nSPS) is 14.7. The van der Waals surface area contributed by atoms with Gasteiger partial charge in [-0.3, -0.25) is 4.79 Å². The predicted molar refractivity (Wildman–Crippen MR) is 104 cm³/mol. The van der Waals surface area contributed by atoms with Gasteiger partial charge in [0.25, 0.3) is 0 Å². The van der Waals surface area contributed by atoms with Crippen LogP contribution in [0.5, 0.6) is 0 Å². The summed E-state index contributed by atoms with van der Waals surface area (Å²) in [5.74, 6) is 1.04. The van der Waals surface area contributed by atoms with Gasteiger partial charge >= 0.3 is 6.09 Å². The lowest BCUT2D eigenvalue weighted by molar-refractivity contribution is 0.1000. The van der Waals surface area contributed by atoms with Crippen molar-refractivity contribution in [3.05, 3.63) is 48.2 Å². The van der Waals surface area contributed by atoms with E-state index in [4.69, 9.17) is 10.8 Å². The van der Waals surface area contributed by atoms with Crippen LogP contribution in [0.15, 0.2) is 42.6 Å². The van der Waals surface area contributed by atoms with Gasteiger partial charge in [0, 0.05) is 37.0 Å². The highest BCUT2D eigenvalue weighted by atomic mass is 16.4. The Morgan fingerprint density at radius 2 is 1.96 bits per heavy atom. The number of carbonyl (C=O) groups excluding carboxylic acids is 1. The number of carboxylic acid groups (broad SMARTS) is 1. The number of nitrogens with two attached hydrogens (primary N) is 1. The van der Waals surface area contributed by atoms with Gasteiger partial charge in [0.15, 0.2) is 0 Å². The third kappa shape index (κ3) is 4.97. The molecule has 2 aromatic rings. The lowest BCUT2D eigenvalue weighted by Crippen LogP contribution is -2.35. The van der Waals surface area contributed by atoms with Gasteiger partial charge in [0.05, 0.1) is 0 Å². The highest BCUT2D eigenvalue weighted by molar-refractivity contribution is 5.94. The van der Waals surface area contributed by atoms with Crippen LogP contribution in [0.4, 0.5) is 10.6 Å². The van der Waals surface area contributed by atoms with Crippen LogP contribution in [0.1, 0.15) is 29.6 Å². The van der Waals surface area contributed by atoms with E-state index in [2.05, 4.69) is 15.2 Å². The van der Waals surface area contributed by atoms with Crippen molar-refractivity contribution in [3.63, 3.8) is 0 Å². The molecular formula is C20H24N4O3. The number of carbonyl (C=O) groups is 2. The van der Waals surface area contributed by atoms with Crippen LogP contribution in [-0.4, -0.2) is 41.7 Å². The molecular weight excluding hydrogens is 344 g/mol. The molecule has 0 aliphatic carbocycles. The Labute approximate surface area is 158 Å². The van der Waals surface area contributed by atoms with Crippen molar-refractivity contribution >= 4 is 17.8 Å². The zero-order chi connectivity index (χ0) is 19.2. The van der Waals surface area contributed by atoms with E-state index in [0.29, 0.717) is 18.0 Å². The van der Waals surface area contributed by atoms with Gasteiger partial charge in [-0.15, -0.1) is 0 Å². The fourth-order valence-electron chi connectivity index (χ4n) is 3.43. The first kappa shape index (κ1) is 18.7. The highest BCUT2D eigenvalue weighted by Crippen LogP contribution is 2.26. The minimum Gasteiger partial charge on any atom is -0.465 e. The molecule has 1 saturated heterocycles. The van der Waals surface area contributed by atoms with Crippen LogP contribution in [-0.2, 0) is 0 Å². The zero-order valence-corrected chi connectivity index (χ0v) is 15.1. The molecule has 1 fully saturated rings. The number of pyridine rings is 1. The molecule has 1 aromatic heterocycles. The van der Waals surface area contributed by atoms with Crippen molar-refractivity contribution in [1.29, 1.82) is 0 Å². The third-order valence-corrected chi connectivity index (χ3v) is 5.00. The molecule has 0 saturated carbocycles. The standard InChI is InChI=1S/C20H24N4O3/c21-19(25)16-3-1-2-15(12-16)17-4-5-18(23-13-17)24-10-7-14(8-11-24)6-9-22-20(26)27/h1-5,12-14,22H,6-11H2,(H2,21,25)(H,26,27). The first-order valence-corrected chi connectivity index (χ1v) is 9.11. The van der Waals surface area contributed by atoms with E-state index in [-0.39, 0.29) is 0 Å². The minimum absolute atomic E-state index is 0.442. The molecule has 142 valence electrons. The Hall–Kier alpha value is -3.09. The topological polar surface area (TPSA) is 109 Å². The number of hydrogen-bond donors (Lipinski definition) is 3. The summed E-state index contributed by atoms with van der Waals surface area (Å²) in [4.78, 5) is 28.7. The second-order valence-electron chi connectivity index (χ2n) is 6.80. The van der Waals surface area contributed by atoms with Crippen molar-refractivity contribution in [2.45, 2.75) is 19.3 Å². The first-order valence-electron chi connectivity index (χ1n) is 9.11. The molecule has 0 bridgehead atoms. The molecule has 3 rings (SSSR count). The fourth-order valence-corrected chi connectivity index (χ4v) is 3.43. The van der Waals surface area contributed by atoms with E-state index >= 15 is 0 Å². The van der Waals surface area contributed by atoms with Crippen LogP contribution in [0, 0.1) is 5.92 Å². The summed E-state index contributed by atoms with van der Waals surface area (Å²) in [6, 6.07) is 11.2. The van der Waals surface area contributed by atoms with Crippen molar-refractivity contribution < 1.29 is 14.7 Å². The quantitative estimate of drug-likeness (QED) is 0.726. The fraction of sp³-hybridized carbons (Fsp3) is 0.350. The lowest BCUT2D eigenvalue weighted by Gasteiger charge is -2.32. The lowest BCUT2D eigenvalue weighted by atomic mass is 9.93. The summed E-state index contributed by atoms with van der Waals surface area (Å²) >= 11 is 0. The molecule has 1 aliphatic heterocycles. The molecule has 2 heterocycles. The smallest absolute Gasteiger partial charge is 0.404 e. The third-order valence-electron chi connectivity index (χ3n) is 5.00. The molecule has 7 heteroatoms. The molecule has 0 radical (unpaired) electrons. The van der Waals surface area contributed by atoms with Gasteiger partial charge in [-0.25, -0.2) is 9.78 Å². The van der Waals surface area contributed by atoms with E-state index in [1.165, 1.54) is 0 Å².